The Hall–Kier alpha value is -2.96. The summed E-state index contributed by atoms with van der Waals surface area (Å²) in [6.07, 6.45) is -5.10. The first-order valence-corrected chi connectivity index (χ1v) is 10.8. The van der Waals surface area contributed by atoms with Crippen LogP contribution in [-0.4, -0.2) is 82.6 Å². The third-order valence-corrected chi connectivity index (χ3v) is 6.09. The van der Waals surface area contributed by atoms with Crippen LogP contribution in [-0.2, 0) is 28.5 Å². The van der Waals surface area contributed by atoms with Crippen LogP contribution in [0.1, 0.15) is 16.8 Å². The largest absolute Gasteiger partial charge is 0.508 e. The summed E-state index contributed by atoms with van der Waals surface area (Å²) in [5.74, 6) is -2.28. The molecule has 0 saturated carbocycles. The first-order chi connectivity index (χ1) is 16.3. The van der Waals surface area contributed by atoms with Gasteiger partial charge < -0.3 is 44.1 Å². The molecule has 0 radical (unpaired) electrons. The SMILES string of the molecule is C=CC1C(OC2OC(CO)C(OC(=O)c3cccc(O)c3)C(O)C2O)OC=C2C(=O)OCCC21. The van der Waals surface area contributed by atoms with Crippen LogP contribution in [0.4, 0.5) is 0 Å². The van der Waals surface area contributed by atoms with E-state index in [0.717, 1.165) is 0 Å². The molecule has 3 aliphatic heterocycles. The van der Waals surface area contributed by atoms with Gasteiger partial charge in [-0.3, -0.25) is 0 Å². The van der Waals surface area contributed by atoms with E-state index in [0.29, 0.717) is 12.0 Å². The Bertz CT molecular complexity index is 958. The third kappa shape index (κ3) is 4.65. The van der Waals surface area contributed by atoms with Gasteiger partial charge in [0.15, 0.2) is 12.4 Å². The number of carbonyl (C=O) groups is 2. The smallest absolute Gasteiger partial charge is 0.338 e. The summed E-state index contributed by atoms with van der Waals surface area (Å²) in [6.45, 7) is 3.36. The van der Waals surface area contributed by atoms with E-state index in [1.807, 2.05) is 0 Å². The fraction of sp³-hybridized carbons (Fsp3) is 0.478. The van der Waals surface area contributed by atoms with E-state index in [-0.39, 0.29) is 23.8 Å². The number of aliphatic hydroxyl groups excluding tert-OH is 3. The molecule has 0 spiro atoms. The average molecular weight is 478 g/mol. The van der Waals surface area contributed by atoms with Crippen LogP contribution in [0.3, 0.4) is 0 Å². The highest BCUT2D eigenvalue weighted by Crippen LogP contribution is 2.39. The van der Waals surface area contributed by atoms with Crippen molar-refractivity contribution in [2.45, 2.75) is 43.4 Å². The number of benzene rings is 1. The quantitative estimate of drug-likeness (QED) is 0.321. The maximum atomic E-state index is 12.4. The molecular weight excluding hydrogens is 452 g/mol. The third-order valence-electron chi connectivity index (χ3n) is 6.09. The Labute approximate surface area is 194 Å². The van der Waals surface area contributed by atoms with E-state index in [4.69, 9.17) is 23.7 Å². The van der Waals surface area contributed by atoms with Gasteiger partial charge in [-0.2, -0.15) is 0 Å². The molecule has 4 rings (SSSR count). The first kappa shape index (κ1) is 24.2. The van der Waals surface area contributed by atoms with E-state index in [1.54, 1.807) is 6.08 Å². The molecule has 0 amide bonds. The number of fused-ring (bicyclic) bond motifs is 1. The Morgan fingerprint density at radius 3 is 2.74 bits per heavy atom. The lowest BCUT2D eigenvalue weighted by Crippen LogP contribution is -2.61. The van der Waals surface area contributed by atoms with Crippen molar-refractivity contribution >= 4 is 11.9 Å². The molecule has 3 heterocycles. The summed E-state index contributed by atoms with van der Waals surface area (Å²) >= 11 is 0. The topological polar surface area (TPSA) is 161 Å². The number of phenols is 1. The molecule has 11 heteroatoms. The van der Waals surface area contributed by atoms with E-state index in [9.17, 15) is 30.0 Å². The second-order valence-corrected chi connectivity index (χ2v) is 8.18. The Morgan fingerprint density at radius 1 is 1.24 bits per heavy atom. The van der Waals surface area contributed by atoms with Gasteiger partial charge in [-0.05, 0) is 24.6 Å². The Balaban J connectivity index is 1.46. The summed E-state index contributed by atoms with van der Waals surface area (Å²) in [6, 6.07) is 5.38. The zero-order valence-corrected chi connectivity index (χ0v) is 18.1. The van der Waals surface area contributed by atoms with E-state index < -0.39 is 61.5 Å². The van der Waals surface area contributed by atoms with Crippen LogP contribution < -0.4 is 0 Å². The van der Waals surface area contributed by atoms with Crippen molar-refractivity contribution in [1.82, 2.24) is 0 Å². The second-order valence-electron chi connectivity index (χ2n) is 8.18. The number of aromatic hydroxyl groups is 1. The molecule has 8 atom stereocenters. The number of carbonyl (C=O) groups excluding carboxylic acids is 2. The average Bonchev–Trinajstić information content (AvgIpc) is 2.83. The Morgan fingerprint density at radius 2 is 2.03 bits per heavy atom. The molecule has 184 valence electrons. The van der Waals surface area contributed by atoms with Gasteiger partial charge in [-0.25, -0.2) is 9.59 Å². The number of hydrogen-bond acceptors (Lipinski definition) is 11. The molecule has 1 aromatic rings. The van der Waals surface area contributed by atoms with Crippen molar-refractivity contribution < 1.29 is 53.7 Å². The first-order valence-electron chi connectivity index (χ1n) is 10.8. The molecule has 11 nitrogen and oxygen atoms in total. The monoisotopic (exact) mass is 478 g/mol. The van der Waals surface area contributed by atoms with Gasteiger partial charge in [0.1, 0.15) is 24.1 Å². The number of cyclic esters (lactones) is 1. The highest BCUT2D eigenvalue weighted by molar-refractivity contribution is 5.90. The van der Waals surface area contributed by atoms with Crippen LogP contribution in [0, 0.1) is 11.8 Å². The zero-order valence-electron chi connectivity index (χ0n) is 18.1. The van der Waals surface area contributed by atoms with Crippen LogP contribution in [0.2, 0.25) is 0 Å². The standard InChI is InChI=1S/C23H26O11/c1-2-13-14-6-7-30-21(29)15(14)10-31-22(13)34-23-18(27)17(26)19(16(9-24)32-23)33-20(28)11-4-3-5-12(25)8-11/h2-5,8,10,13-14,16-19,22-27H,1,6-7,9H2. The van der Waals surface area contributed by atoms with Gasteiger partial charge >= 0.3 is 11.9 Å². The van der Waals surface area contributed by atoms with Gasteiger partial charge in [0, 0.05) is 11.8 Å². The molecule has 3 aliphatic rings. The maximum Gasteiger partial charge on any atom is 0.338 e. The Kier molecular flexibility index (Phi) is 7.19. The van der Waals surface area contributed by atoms with E-state index >= 15 is 0 Å². The molecule has 0 aromatic heterocycles. The number of esters is 2. The number of phenolic OH excluding ortho intramolecular Hbond substituents is 1. The predicted molar refractivity (Wildman–Crippen MR) is 112 cm³/mol. The van der Waals surface area contributed by atoms with Crippen molar-refractivity contribution in [3.8, 4) is 5.75 Å². The fourth-order valence-electron chi connectivity index (χ4n) is 4.29. The van der Waals surface area contributed by atoms with Crippen LogP contribution in [0.25, 0.3) is 0 Å². The number of aliphatic hydroxyl groups is 3. The molecule has 0 aliphatic carbocycles. The van der Waals surface area contributed by atoms with Crippen LogP contribution >= 0.6 is 0 Å². The highest BCUT2D eigenvalue weighted by atomic mass is 16.8. The lowest BCUT2D eigenvalue weighted by Gasteiger charge is -2.44. The lowest BCUT2D eigenvalue weighted by molar-refractivity contribution is -0.339. The van der Waals surface area contributed by atoms with Crippen molar-refractivity contribution in [2.75, 3.05) is 13.2 Å². The summed E-state index contributed by atoms with van der Waals surface area (Å²) in [5, 5.41) is 40.6. The van der Waals surface area contributed by atoms with E-state index in [1.165, 1.54) is 30.5 Å². The van der Waals surface area contributed by atoms with Gasteiger partial charge in [0.05, 0.1) is 30.6 Å². The lowest BCUT2D eigenvalue weighted by atomic mass is 9.81. The minimum absolute atomic E-state index is 0.00906. The van der Waals surface area contributed by atoms with Gasteiger partial charge in [0.2, 0.25) is 6.29 Å². The van der Waals surface area contributed by atoms with E-state index in [2.05, 4.69) is 6.58 Å². The minimum atomic E-state index is -1.67. The molecule has 1 aromatic carbocycles. The number of ether oxygens (including phenoxy) is 5. The summed E-state index contributed by atoms with van der Waals surface area (Å²) in [5.41, 5.74) is 0.364. The van der Waals surface area contributed by atoms with Crippen molar-refractivity contribution in [2.24, 2.45) is 11.8 Å². The fourth-order valence-corrected chi connectivity index (χ4v) is 4.29. The van der Waals surface area contributed by atoms with Gasteiger partial charge in [0.25, 0.3) is 0 Å². The van der Waals surface area contributed by atoms with Crippen LogP contribution in [0.5, 0.6) is 5.75 Å². The van der Waals surface area contributed by atoms with Crippen molar-refractivity contribution in [3.05, 3.63) is 54.3 Å². The predicted octanol–water partition coefficient (Wildman–Crippen LogP) is -0.0213. The zero-order chi connectivity index (χ0) is 24.4. The summed E-state index contributed by atoms with van der Waals surface area (Å²) < 4.78 is 27.2. The molecule has 8 unspecified atom stereocenters. The summed E-state index contributed by atoms with van der Waals surface area (Å²) in [4.78, 5) is 24.4. The molecule has 2 fully saturated rings. The second kappa shape index (κ2) is 10.1. The van der Waals surface area contributed by atoms with Gasteiger partial charge in [-0.1, -0.05) is 12.1 Å². The maximum absolute atomic E-state index is 12.4. The normalized spacial score (nSPS) is 35.3. The highest BCUT2D eigenvalue weighted by Gasteiger charge is 2.50. The van der Waals surface area contributed by atoms with Gasteiger partial charge in [-0.15, -0.1) is 6.58 Å². The molecular formula is C23H26O11. The minimum Gasteiger partial charge on any atom is -0.508 e. The van der Waals surface area contributed by atoms with Crippen LogP contribution in [0.15, 0.2) is 48.8 Å². The number of hydrogen-bond donors (Lipinski definition) is 4. The van der Waals surface area contributed by atoms with Crippen molar-refractivity contribution in [3.63, 3.8) is 0 Å². The molecule has 4 N–H and O–H groups in total. The molecule has 0 bridgehead atoms. The molecule has 34 heavy (non-hydrogen) atoms. The number of rotatable bonds is 6. The van der Waals surface area contributed by atoms with Crippen molar-refractivity contribution in [1.29, 1.82) is 0 Å². The summed E-state index contributed by atoms with van der Waals surface area (Å²) in [7, 11) is 0. The molecule has 2 saturated heterocycles.